The number of rotatable bonds is 6. The molecule has 2 aromatic rings. The predicted molar refractivity (Wildman–Crippen MR) is 103 cm³/mol. The second-order valence-corrected chi connectivity index (χ2v) is 8.11. The molecule has 0 aliphatic carbocycles. The molecule has 0 unspecified atom stereocenters. The number of anilines is 2. The van der Waals surface area contributed by atoms with E-state index in [1.54, 1.807) is 18.2 Å². The molecule has 9 heteroatoms. The number of benzene rings is 1. The topological polar surface area (TPSA) is 96.0 Å². The van der Waals surface area contributed by atoms with Gasteiger partial charge in [-0.25, -0.2) is 23.1 Å². The number of nitrogens with zero attached hydrogens (tertiary/aromatic N) is 2. The Morgan fingerprint density at radius 1 is 1.16 bits per heavy atom. The number of hydrogen-bond donors (Lipinski definition) is 3. The molecule has 0 radical (unpaired) electrons. The molecular formula is C16H21N5O2S2. The molecule has 2 rings (SSSR count). The van der Waals surface area contributed by atoms with Crippen molar-refractivity contribution in [3.05, 3.63) is 42.7 Å². The minimum Gasteiger partial charge on any atom is -0.358 e. The molecule has 7 nitrogen and oxygen atoms in total. The van der Waals surface area contributed by atoms with Crippen LogP contribution in [0.2, 0.25) is 0 Å². The fourth-order valence-electron chi connectivity index (χ4n) is 1.81. The smallest absolute Gasteiger partial charge is 0.264 e. The third-order valence-electron chi connectivity index (χ3n) is 3.55. The highest BCUT2D eigenvalue weighted by Gasteiger charge is 2.17. The van der Waals surface area contributed by atoms with Crippen molar-refractivity contribution in [2.45, 2.75) is 37.6 Å². The maximum atomic E-state index is 12.3. The van der Waals surface area contributed by atoms with Crippen molar-refractivity contribution < 1.29 is 8.42 Å². The van der Waals surface area contributed by atoms with Gasteiger partial charge in [0.15, 0.2) is 5.11 Å². The lowest BCUT2D eigenvalue weighted by Gasteiger charge is -2.26. The van der Waals surface area contributed by atoms with Gasteiger partial charge >= 0.3 is 0 Å². The summed E-state index contributed by atoms with van der Waals surface area (Å²) in [5.41, 5.74) is 0.576. The van der Waals surface area contributed by atoms with E-state index < -0.39 is 10.0 Å². The van der Waals surface area contributed by atoms with Gasteiger partial charge in [-0.2, -0.15) is 0 Å². The molecule has 0 fully saturated rings. The fraction of sp³-hybridized carbons (Fsp3) is 0.312. The van der Waals surface area contributed by atoms with Gasteiger partial charge in [0.25, 0.3) is 10.0 Å². The first-order valence-corrected chi connectivity index (χ1v) is 9.60. The zero-order chi connectivity index (χ0) is 18.5. The zero-order valence-electron chi connectivity index (χ0n) is 14.3. The molecule has 1 heterocycles. The Kier molecular flexibility index (Phi) is 5.91. The maximum absolute atomic E-state index is 12.3. The van der Waals surface area contributed by atoms with E-state index in [1.807, 2.05) is 13.8 Å². The lowest BCUT2D eigenvalue weighted by Crippen LogP contribution is -2.44. The highest BCUT2D eigenvalue weighted by Crippen LogP contribution is 2.16. The van der Waals surface area contributed by atoms with Gasteiger partial charge in [-0.1, -0.05) is 6.92 Å². The molecule has 0 aliphatic heterocycles. The third-order valence-corrected chi connectivity index (χ3v) is 5.10. The second-order valence-electron chi connectivity index (χ2n) is 6.02. The molecule has 0 saturated carbocycles. The summed E-state index contributed by atoms with van der Waals surface area (Å²) >= 11 is 5.27. The van der Waals surface area contributed by atoms with Crippen molar-refractivity contribution in [1.29, 1.82) is 0 Å². The van der Waals surface area contributed by atoms with Crippen molar-refractivity contribution in [3.8, 4) is 0 Å². The van der Waals surface area contributed by atoms with Crippen molar-refractivity contribution >= 4 is 39.0 Å². The van der Waals surface area contributed by atoms with Crippen LogP contribution in [0.5, 0.6) is 0 Å². The van der Waals surface area contributed by atoms with Crippen LogP contribution in [0.25, 0.3) is 0 Å². The molecule has 0 atom stereocenters. The number of nitrogens with one attached hydrogen (secondary N) is 3. The van der Waals surface area contributed by atoms with Gasteiger partial charge in [0.05, 0.1) is 4.90 Å². The summed E-state index contributed by atoms with van der Waals surface area (Å²) in [4.78, 5) is 7.81. The quantitative estimate of drug-likeness (QED) is 0.664. The third kappa shape index (κ3) is 5.64. The Balaban J connectivity index is 2.05. The Hall–Kier alpha value is -2.26. The summed E-state index contributed by atoms with van der Waals surface area (Å²) in [6.45, 7) is 6.17. The molecule has 0 spiro atoms. The minimum atomic E-state index is -3.74. The van der Waals surface area contributed by atoms with E-state index in [0.717, 1.165) is 6.42 Å². The molecule has 3 N–H and O–H groups in total. The van der Waals surface area contributed by atoms with Gasteiger partial charge in [0, 0.05) is 23.6 Å². The number of aromatic nitrogens is 2. The SMILES string of the molecule is CCC(C)(C)NC(=S)Nc1ccc(S(=O)(=O)Nc2ncccn2)cc1. The first kappa shape index (κ1) is 19.1. The monoisotopic (exact) mass is 379 g/mol. The van der Waals surface area contributed by atoms with Crippen LogP contribution in [0.1, 0.15) is 27.2 Å². The molecule has 134 valence electrons. The molecule has 25 heavy (non-hydrogen) atoms. The van der Waals surface area contributed by atoms with Crippen LogP contribution in [0.3, 0.4) is 0 Å². The average molecular weight is 380 g/mol. The van der Waals surface area contributed by atoms with E-state index >= 15 is 0 Å². The molecule has 0 amide bonds. The Bertz CT molecular complexity index is 821. The standard InChI is InChI=1S/C16H21N5O2S2/c1-4-16(2,3)20-15(24)19-12-6-8-13(9-7-12)25(22,23)21-14-17-10-5-11-18-14/h5-11H,4H2,1-3H3,(H,17,18,21)(H2,19,20,24). The van der Waals surface area contributed by atoms with E-state index in [-0.39, 0.29) is 16.4 Å². The van der Waals surface area contributed by atoms with Crippen LogP contribution in [0.4, 0.5) is 11.6 Å². The Morgan fingerprint density at radius 2 is 1.76 bits per heavy atom. The van der Waals surface area contributed by atoms with E-state index in [0.29, 0.717) is 10.8 Å². The van der Waals surface area contributed by atoms with Gasteiger partial charge in [0.2, 0.25) is 5.95 Å². The van der Waals surface area contributed by atoms with Gasteiger partial charge < -0.3 is 10.6 Å². The van der Waals surface area contributed by atoms with Crippen molar-refractivity contribution in [2.24, 2.45) is 0 Å². The molecule has 0 aliphatic rings. The van der Waals surface area contributed by atoms with E-state index in [9.17, 15) is 8.42 Å². The van der Waals surface area contributed by atoms with Crippen LogP contribution in [0.15, 0.2) is 47.6 Å². The summed E-state index contributed by atoms with van der Waals surface area (Å²) in [7, 11) is -3.74. The molecule has 1 aromatic heterocycles. The van der Waals surface area contributed by atoms with E-state index in [4.69, 9.17) is 12.2 Å². The normalized spacial score (nSPS) is 11.6. The summed E-state index contributed by atoms with van der Waals surface area (Å²) in [6, 6.07) is 7.87. The fourth-order valence-corrected chi connectivity index (χ4v) is 3.16. The number of sulfonamides is 1. The first-order chi connectivity index (χ1) is 11.7. The zero-order valence-corrected chi connectivity index (χ0v) is 15.9. The molecule has 0 saturated heterocycles. The van der Waals surface area contributed by atoms with Crippen molar-refractivity contribution in [1.82, 2.24) is 15.3 Å². The van der Waals surface area contributed by atoms with Crippen LogP contribution in [-0.2, 0) is 10.0 Å². The number of hydrogen-bond acceptors (Lipinski definition) is 5. The van der Waals surface area contributed by atoms with E-state index in [2.05, 4.69) is 32.2 Å². The Morgan fingerprint density at radius 3 is 2.32 bits per heavy atom. The van der Waals surface area contributed by atoms with Crippen molar-refractivity contribution in [3.63, 3.8) is 0 Å². The summed E-state index contributed by atoms with van der Waals surface area (Å²) in [6.07, 6.45) is 3.84. The Labute approximate surface area is 153 Å². The van der Waals surface area contributed by atoms with Crippen LogP contribution in [0, 0.1) is 0 Å². The summed E-state index contributed by atoms with van der Waals surface area (Å²) in [5.74, 6) is 0.0249. The lowest BCUT2D eigenvalue weighted by atomic mass is 10.0. The minimum absolute atomic E-state index is 0.0249. The molecule has 0 bridgehead atoms. The highest BCUT2D eigenvalue weighted by atomic mass is 32.2. The largest absolute Gasteiger partial charge is 0.358 e. The van der Waals surface area contributed by atoms with Gasteiger partial charge in [-0.05, 0) is 62.8 Å². The maximum Gasteiger partial charge on any atom is 0.264 e. The van der Waals surface area contributed by atoms with Crippen LogP contribution < -0.4 is 15.4 Å². The van der Waals surface area contributed by atoms with Gasteiger partial charge in [-0.3, -0.25) is 0 Å². The second kappa shape index (κ2) is 7.75. The summed E-state index contributed by atoms with van der Waals surface area (Å²) in [5, 5.41) is 6.73. The average Bonchev–Trinajstić information content (AvgIpc) is 2.55. The first-order valence-electron chi connectivity index (χ1n) is 7.71. The number of thiocarbonyl (C=S) groups is 1. The van der Waals surface area contributed by atoms with Crippen LogP contribution >= 0.6 is 12.2 Å². The van der Waals surface area contributed by atoms with Gasteiger partial charge in [-0.15, -0.1) is 0 Å². The van der Waals surface area contributed by atoms with E-state index in [1.165, 1.54) is 24.5 Å². The van der Waals surface area contributed by atoms with Crippen molar-refractivity contribution in [2.75, 3.05) is 10.0 Å². The van der Waals surface area contributed by atoms with Crippen LogP contribution in [-0.4, -0.2) is 29.0 Å². The predicted octanol–water partition coefficient (Wildman–Crippen LogP) is 2.75. The van der Waals surface area contributed by atoms with Gasteiger partial charge in [0.1, 0.15) is 0 Å². The summed E-state index contributed by atoms with van der Waals surface area (Å²) < 4.78 is 26.9. The molecular weight excluding hydrogens is 358 g/mol. The molecule has 1 aromatic carbocycles. The lowest BCUT2D eigenvalue weighted by molar-refractivity contribution is 0.448. The highest BCUT2D eigenvalue weighted by molar-refractivity contribution is 7.92.